The van der Waals surface area contributed by atoms with Gasteiger partial charge in [0.25, 0.3) is 5.56 Å². The second kappa shape index (κ2) is 5.90. The lowest BCUT2D eigenvalue weighted by Crippen LogP contribution is -2.43. The van der Waals surface area contributed by atoms with Gasteiger partial charge in [-0.3, -0.25) is 4.79 Å². The van der Waals surface area contributed by atoms with E-state index in [1.807, 2.05) is 6.92 Å². The van der Waals surface area contributed by atoms with Crippen LogP contribution in [0.15, 0.2) is 32.3 Å². The van der Waals surface area contributed by atoms with E-state index in [0.717, 1.165) is 12.2 Å². The lowest BCUT2D eigenvalue weighted by atomic mass is 10.1. The summed E-state index contributed by atoms with van der Waals surface area (Å²) in [6, 6.07) is 2.09. The average molecular weight is 370 g/mol. The van der Waals surface area contributed by atoms with Crippen LogP contribution in [-0.2, 0) is 11.8 Å². The van der Waals surface area contributed by atoms with Gasteiger partial charge in [0.15, 0.2) is 0 Å². The highest BCUT2D eigenvalue weighted by atomic mass is 79.9. The number of thiophene rings is 1. The van der Waals surface area contributed by atoms with E-state index < -0.39 is 0 Å². The van der Waals surface area contributed by atoms with Gasteiger partial charge < -0.3 is 9.64 Å². The van der Waals surface area contributed by atoms with Gasteiger partial charge in [0.2, 0.25) is 0 Å². The Hall–Kier alpha value is -1.18. The minimum atomic E-state index is -0.126. The fourth-order valence-electron chi connectivity index (χ4n) is 2.51. The SMILES string of the molecule is CC1CN(c2cnn(C)c(=O)c2Br)CC(c2ccsc2)O1. The molecule has 7 heteroatoms. The topological polar surface area (TPSA) is 47.4 Å². The summed E-state index contributed by atoms with van der Waals surface area (Å²) < 4.78 is 7.90. The second-order valence-corrected chi connectivity index (χ2v) is 6.74. The molecule has 0 spiro atoms. The monoisotopic (exact) mass is 369 g/mol. The Bertz CT molecular complexity index is 686. The predicted molar refractivity (Wildman–Crippen MR) is 87.0 cm³/mol. The van der Waals surface area contributed by atoms with Crippen molar-refractivity contribution in [3.8, 4) is 0 Å². The molecular formula is C14H16BrN3O2S. The number of rotatable bonds is 2. The molecule has 0 bridgehead atoms. The van der Waals surface area contributed by atoms with Crippen molar-refractivity contribution in [1.82, 2.24) is 9.78 Å². The van der Waals surface area contributed by atoms with Crippen LogP contribution in [0.2, 0.25) is 0 Å². The molecule has 21 heavy (non-hydrogen) atoms. The number of halogens is 1. The van der Waals surface area contributed by atoms with Crippen molar-refractivity contribution in [2.24, 2.45) is 7.05 Å². The van der Waals surface area contributed by atoms with E-state index in [1.165, 1.54) is 10.2 Å². The first-order chi connectivity index (χ1) is 10.1. The molecule has 112 valence electrons. The third-order valence-electron chi connectivity index (χ3n) is 3.58. The maximum absolute atomic E-state index is 12.0. The Morgan fingerprint density at radius 1 is 1.48 bits per heavy atom. The van der Waals surface area contributed by atoms with Crippen LogP contribution in [0.4, 0.5) is 5.69 Å². The summed E-state index contributed by atoms with van der Waals surface area (Å²) in [6.45, 7) is 3.51. The van der Waals surface area contributed by atoms with E-state index in [-0.39, 0.29) is 17.8 Å². The van der Waals surface area contributed by atoms with Crippen LogP contribution in [0.1, 0.15) is 18.6 Å². The maximum Gasteiger partial charge on any atom is 0.282 e. The smallest absolute Gasteiger partial charge is 0.282 e. The van der Waals surface area contributed by atoms with E-state index in [4.69, 9.17) is 4.74 Å². The number of morpholine rings is 1. The summed E-state index contributed by atoms with van der Waals surface area (Å²) in [6.07, 6.45) is 1.85. The van der Waals surface area contributed by atoms with Gasteiger partial charge >= 0.3 is 0 Å². The van der Waals surface area contributed by atoms with Crippen molar-refractivity contribution in [2.75, 3.05) is 18.0 Å². The number of ether oxygens (including phenoxy) is 1. The quantitative estimate of drug-likeness (QED) is 0.815. The van der Waals surface area contributed by atoms with Gasteiger partial charge in [-0.25, -0.2) is 4.68 Å². The van der Waals surface area contributed by atoms with Crippen LogP contribution in [-0.4, -0.2) is 29.0 Å². The molecule has 3 heterocycles. The molecule has 5 nitrogen and oxygen atoms in total. The number of hydrogen-bond donors (Lipinski definition) is 0. The van der Waals surface area contributed by atoms with Crippen molar-refractivity contribution in [1.29, 1.82) is 0 Å². The Morgan fingerprint density at radius 2 is 2.29 bits per heavy atom. The number of anilines is 1. The zero-order valence-electron chi connectivity index (χ0n) is 11.8. The van der Waals surface area contributed by atoms with E-state index in [1.54, 1.807) is 24.6 Å². The van der Waals surface area contributed by atoms with Crippen LogP contribution in [0.3, 0.4) is 0 Å². The molecule has 3 rings (SSSR count). The van der Waals surface area contributed by atoms with Gasteiger partial charge in [0.05, 0.1) is 18.0 Å². The first-order valence-corrected chi connectivity index (χ1v) is 8.44. The Balaban J connectivity index is 1.92. The minimum Gasteiger partial charge on any atom is -0.367 e. The second-order valence-electron chi connectivity index (χ2n) is 5.17. The highest BCUT2D eigenvalue weighted by Crippen LogP contribution is 2.31. The maximum atomic E-state index is 12.0. The highest BCUT2D eigenvalue weighted by Gasteiger charge is 2.28. The van der Waals surface area contributed by atoms with Gasteiger partial charge in [0, 0.05) is 20.1 Å². The molecule has 1 fully saturated rings. The standard InChI is InChI=1S/C14H16BrN3O2S/c1-9-6-18(7-12(20-9)10-3-4-21-8-10)11-5-16-17(2)14(19)13(11)15/h3-5,8-9,12H,6-7H2,1-2H3. The summed E-state index contributed by atoms with van der Waals surface area (Å²) in [5, 5.41) is 8.28. The first kappa shape index (κ1) is 14.7. The molecular weight excluding hydrogens is 354 g/mol. The summed E-state index contributed by atoms with van der Waals surface area (Å²) >= 11 is 5.07. The molecule has 0 aromatic carbocycles. The minimum absolute atomic E-state index is 0.0240. The third-order valence-corrected chi connectivity index (χ3v) is 5.02. The Kier molecular flexibility index (Phi) is 4.14. The molecule has 1 saturated heterocycles. The number of aryl methyl sites for hydroxylation is 1. The van der Waals surface area contributed by atoms with Gasteiger partial charge in [-0.15, -0.1) is 0 Å². The van der Waals surface area contributed by atoms with Gasteiger partial charge in [-0.05, 0) is 45.2 Å². The molecule has 0 N–H and O–H groups in total. The van der Waals surface area contributed by atoms with Gasteiger partial charge in [-0.1, -0.05) is 0 Å². The predicted octanol–water partition coefficient (Wildman–Crippen LogP) is 2.57. The van der Waals surface area contributed by atoms with Crippen LogP contribution < -0.4 is 10.5 Å². The Morgan fingerprint density at radius 3 is 3.00 bits per heavy atom. The number of hydrogen-bond acceptors (Lipinski definition) is 5. The molecule has 2 aromatic rings. The van der Waals surface area contributed by atoms with Crippen LogP contribution in [0.5, 0.6) is 0 Å². The van der Waals surface area contributed by atoms with Crippen LogP contribution in [0.25, 0.3) is 0 Å². The summed E-state index contributed by atoms with van der Waals surface area (Å²) in [5.74, 6) is 0. The molecule has 2 unspecified atom stereocenters. The Labute approximate surface area is 135 Å². The van der Waals surface area contributed by atoms with Crippen molar-refractivity contribution in [2.45, 2.75) is 19.1 Å². The fourth-order valence-corrected chi connectivity index (χ4v) is 3.82. The summed E-state index contributed by atoms with van der Waals surface area (Å²) in [4.78, 5) is 14.2. The first-order valence-electron chi connectivity index (χ1n) is 6.70. The number of aromatic nitrogens is 2. The lowest BCUT2D eigenvalue weighted by molar-refractivity contribution is -0.0172. The lowest BCUT2D eigenvalue weighted by Gasteiger charge is -2.38. The van der Waals surface area contributed by atoms with Crippen LogP contribution >= 0.6 is 27.3 Å². The zero-order chi connectivity index (χ0) is 15.0. The molecule has 0 aliphatic carbocycles. The van der Waals surface area contributed by atoms with Crippen molar-refractivity contribution in [3.63, 3.8) is 0 Å². The van der Waals surface area contributed by atoms with Gasteiger partial charge in [-0.2, -0.15) is 16.4 Å². The zero-order valence-corrected chi connectivity index (χ0v) is 14.2. The summed E-state index contributed by atoms with van der Waals surface area (Å²) in [5.41, 5.74) is 1.89. The van der Waals surface area contributed by atoms with Crippen molar-refractivity contribution < 1.29 is 4.74 Å². The fraction of sp³-hybridized carbons (Fsp3) is 0.429. The van der Waals surface area contributed by atoms with E-state index in [2.05, 4.69) is 42.8 Å². The van der Waals surface area contributed by atoms with Gasteiger partial charge in [0.1, 0.15) is 10.6 Å². The largest absolute Gasteiger partial charge is 0.367 e. The normalized spacial score (nSPS) is 22.5. The van der Waals surface area contributed by atoms with Crippen LogP contribution in [0, 0.1) is 0 Å². The number of nitrogens with zero attached hydrogens (tertiary/aromatic N) is 3. The molecule has 0 radical (unpaired) electrons. The van der Waals surface area contributed by atoms with E-state index in [0.29, 0.717) is 11.0 Å². The molecule has 1 aliphatic rings. The van der Waals surface area contributed by atoms with E-state index in [9.17, 15) is 4.79 Å². The molecule has 0 amide bonds. The summed E-state index contributed by atoms with van der Waals surface area (Å²) in [7, 11) is 1.65. The highest BCUT2D eigenvalue weighted by molar-refractivity contribution is 9.10. The van der Waals surface area contributed by atoms with Crippen molar-refractivity contribution in [3.05, 3.63) is 43.4 Å². The molecule has 1 aliphatic heterocycles. The van der Waals surface area contributed by atoms with Crippen molar-refractivity contribution >= 4 is 33.0 Å². The average Bonchev–Trinajstić information content (AvgIpc) is 2.98. The molecule has 2 aromatic heterocycles. The molecule has 0 saturated carbocycles. The van der Waals surface area contributed by atoms with E-state index >= 15 is 0 Å². The molecule has 2 atom stereocenters. The third kappa shape index (κ3) is 2.90.